The molecule has 0 spiro atoms. The van der Waals surface area contributed by atoms with Crippen LogP contribution in [0.2, 0.25) is 0 Å². The number of benzene rings is 3. The monoisotopic (exact) mass is 366 g/mol. The summed E-state index contributed by atoms with van der Waals surface area (Å²) in [6, 6.07) is 21.9. The van der Waals surface area contributed by atoms with Crippen molar-refractivity contribution in [2.75, 3.05) is 0 Å². The lowest BCUT2D eigenvalue weighted by Crippen LogP contribution is -2.00. The smallest absolute Gasteiger partial charge is 0.335 e. The highest BCUT2D eigenvalue weighted by molar-refractivity contribution is 5.89. The lowest BCUT2D eigenvalue weighted by molar-refractivity contribution is 0.0695. The van der Waals surface area contributed by atoms with Crippen molar-refractivity contribution in [3.8, 4) is 11.1 Å². The second kappa shape index (κ2) is 11.6. The summed E-state index contributed by atoms with van der Waals surface area (Å²) in [5, 5.41) is 8.70. The molecule has 0 fully saturated rings. The normalized spacial score (nSPS) is 9.37. The third-order valence-corrected chi connectivity index (χ3v) is 3.84. The summed E-state index contributed by atoms with van der Waals surface area (Å²) in [6.07, 6.45) is 0.766. The number of hydrogen-bond donors (Lipinski definition) is 1. The maximum Gasteiger partial charge on any atom is 0.335 e. The van der Waals surface area contributed by atoms with Gasteiger partial charge >= 0.3 is 5.97 Å². The molecule has 1 N–H and O–H groups in total. The van der Waals surface area contributed by atoms with Crippen LogP contribution in [0.4, 0.5) is 4.39 Å². The summed E-state index contributed by atoms with van der Waals surface area (Å²) in [4.78, 5) is 10.6. The summed E-state index contributed by atoms with van der Waals surface area (Å²) in [5.41, 5.74) is 3.83. The number of aryl methyl sites for hydroxylation is 2. The van der Waals surface area contributed by atoms with Crippen LogP contribution in [-0.2, 0) is 6.42 Å². The van der Waals surface area contributed by atoms with Crippen LogP contribution in [0.3, 0.4) is 0 Å². The van der Waals surface area contributed by atoms with E-state index in [1.807, 2.05) is 82.3 Å². The standard InChI is InChI=1S/C13H11F.C9H10O2.C2H6/c1-10-7-8-12(13(14)9-10)11-5-3-2-4-6-11;1-2-7-5-3-4-6-8(7)9(10)11;1-2/h2-9H,1H3;3-6H,2H2,1H3,(H,10,11);1-2H3. The Morgan fingerprint density at radius 2 is 1.52 bits per heavy atom. The molecular weight excluding hydrogens is 339 g/mol. The third-order valence-electron chi connectivity index (χ3n) is 3.84. The summed E-state index contributed by atoms with van der Waals surface area (Å²) in [6.45, 7) is 7.83. The number of carboxylic acids is 1. The molecule has 0 bridgehead atoms. The minimum absolute atomic E-state index is 0.156. The molecule has 2 nitrogen and oxygen atoms in total. The molecule has 0 saturated heterocycles. The van der Waals surface area contributed by atoms with E-state index in [1.54, 1.807) is 18.2 Å². The van der Waals surface area contributed by atoms with Gasteiger partial charge in [0.15, 0.2) is 0 Å². The molecular formula is C24H27FO2. The molecule has 3 aromatic rings. The topological polar surface area (TPSA) is 37.3 Å². The number of hydrogen-bond acceptors (Lipinski definition) is 1. The van der Waals surface area contributed by atoms with E-state index in [9.17, 15) is 9.18 Å². The average molecular weight is 366 g/mol. The Hall–Kier alpha value is -2.94. The van der Waals surface area contributed by atoms with Crippen LogP contribution in [0, 0.1) is 12.7 Å². The van der Waals surface area contributed by atoms with E-state index in [0.717, 1.165) is 23.1 Å². The molecule has 142 valence electrons. The maximum absolute atomic E-state index is 13.5. The first-order valence-corrected chi connectivity index (χ1v) is 9.15. The molecule has 0 aliphatic rings. The lowest BCUT2D eigenvalue weighted by Gasteiger charge is -2.03. The zero-order valence-electron chi connectivity index (χ0n) is 16.4. The van der Waals surface area contributed by atoms with Crippen LogP contribution in [0.5, 0.6) is 0 Å². The summed E-state index contributed by atoms with van der Waals surface area (Å²) < 4.78 is 13.5. The van der Waals surface area contributed by atoms with Crippen molar-refractivity contribution in [1.29, 1.82) is 0 Å². The average Bonchev–Trinajstić information content (AvgIpc) is 2.70. The Kier molecular flexibility index (Phi) is 9.52. The first-order chi connectivity index (χ1) is 13.0. The molecule has 3 aromatic carbocycles. The van der Waals surface area contributed by atoms with Gasteiger partial charge < -0.3 is 5.11 Å². The van der Waals surface area contributed by atoms with Gasteiger partial charge in [-0.05, 0) is 42.2 Å². The molecule has 0 atom stereocenters. The van der Waals surface area contributed by atoms with Gasteiger partial charge in [-0.3, -0.25) is 0 Å². The molecule has 0 unspecified atom stereocenters. The first-order valence-electron chi connectivity index (χ1n) is 9.15. The van der Waals surface area contributed by atoms with Gasteiger partial charge in [0.1, 0.15) is 5.82 Å². The van der Waals surface area contributed by atoms with Crippen molar-refractivity contribution in [2.45, 2.75) is 34.1 Å². The van der Waals surface area contributed by atoms with E-state index in [4.69, 9.17) is 5.11 Å². The van der Waals surface area contributed by atoms with E-state index in [1.165, 1.54) is 0 Å². The molecule has 0 amide bonds. The quantitative estimate of drug-likeness (QED) is 0.555. The second-order valence-corrected chi connectivity index (χ2v) is 5.67. The number of rotatable bonds is 3. The summed E-state index contributed by atoms with van der Waals surface area (Å²) in [7, 11) is 0. The van der Waals surface area contributed by atoms with Crippen LogP contribution >= 0.6 is 0 Å². The van der Waals surface area contributed by atoms with E-state index < -0.39 is 5.97 Å². The van der Waals surface area contributed by atoms with Crippen LogP contribution in [-0.4, -0.2) is 11.1 Å². The lowest BCUT2D eigenvalue weighted by atomic mass is 10.0. The summed E-state index contributed by atoms with van der Waals surface area (Å²) in [5.74, 6) is -1.00. The van der Waals surface area contributed by atoms with Gasteiger partial charge in [0, 0.05) is 5.56 Å². The fraction of sp³-hybridized carbons (Fsp3) is 0.208. The predicted molar refractivity (Wildman–Crippen MR) is 111 cm³/mol. The van der Waals surface area contributed by atoms with Gasteiger partial charge in [0.05, 0.1) is 5.56 Å². The Bertz CT molecular complexity index is 842. The molecule has 0 aromatic heterocycles. The molecule has 3 heteroatoms. The van der Waals surface area contributed by atoms with E-state index in [-0.39, 0.29) is 5.82 Å². The van der Waals surface area contributed by atoms with Crippen LogP contribution < -0.4 is 0 Å². The second-order valence-electron chi connectivity index (χ2n) is 5.67. The van der Waals surface area contributed by atoms with E-state index in [2.05, 4.69) is 0 Å². The maximum atomic E-state index is 13.5. The van der Waals surface area contributed by atoms with Gasteiger partial charge in [-0.2, -0.15) is 0 Å². The Morgan fingerprint density at radius 3 is 2.04 bits per heavy atom. The van der Waals surface area contributed by atoms with Gasteiger partial charge in [-0.25, -0.2) is 9.18 Å². The first kappa shape index (κ1) is 22.1. The largest absolute Gasteiger partial charge is 0.478 e. The number of aromatic carboxylic acids is 1. The highest BCUT2D eigenvalue weighted by Gasteiger charge is 2.05. The number of carbonyl (C=O) groups is 1. The Morgan fingerprint density at radius 1 is 0.926 bits per heavy atom. The molecule has 0 aliphatic carbocycles. The molecule has 3 rings (SSSR count). The van der Waals surface area contributed by atoms with E-state index in [0.29, 0.717) is 11.1 Å². The zero-order chi connectivity index (χ0) is 20.2. The third kappa shape index (κ3) is 6.70. The number of carboxylic acid groups (broad SMARTS) is 1. The molecule has 0 radical (unpaired) electrons. The minimum Gasteiger partial charge on any atom is -0.478 e. The van der Waals surface area contributed by atoms with Crippen molar-refractivity contribution in [2.24, 2.45) is 0 Å². The predicted octanol–water partition coefficient (Wildman–Crippen LogP) is 6.77. The minimum atomic E-state index is -0.845. The Balaban J connectivity index is 0.000000254. The van der Waals surface area contributed by atoms with Gasteiger partial charge in [0.2, 0.25) is 0 Å². The summed E-state index contributed by atoms with van der Waals surface area (Å²) >= 11 is 0. The van der Waals surface area contributed by atoms with Crippen LogP contribution in [0.1, 0.15) is 42.3 Å². The molecule has 0 saturated carbocycles. The van der Waals surface area contributed by atoms with Gasteiger partial charge in [-0.1, -0.05) is 81.4 Å². The van der Waals surface area contributed by atoms with Gasteiger partial charge in [-0.15, -0.1) is 0 Å². The van der Waals surface area contributed by atoms with Crippen LogP contribution in [0.25, 0.3) is 11.1 Å². The van der Waals surface area contributed by atoms with Crippen molar-refractivity contribution >= 4 is 5.97 Å². The van der Waals surface area contributed by atoms with Crippen molar-refractivity contribution < 1.29 is 14.3 Å². The highest BCUT2D eigenvalue weighted by Crippen LogP contribution is 2.22. The SMILES string of the molecule is CC.CCc1ccccc1C(=O)O.Cc1ccc(-c2ccccc2)c(F)c1. The number of halogens is 1. The highest BCUT2D eigenvalue weighted by atomic mass is 19.1. The zero-order valence-corrected chi connectivity index (χ0v) is 16.4. The van der Waals surface area contributed by atoms with Crippen molar-refractivity contribution in [3.63, 3.8) is 0 Å². The van der Waals surface area contributed by atoms with Crippen molar-refractivity contribution in [3.05, 3.63) is 95.3 Å². The molecule has 0 heterocycles. The fourth-order valence-electron chi connectivity index (χ4n) is 2.51. The molecule has 27 heavy (non-hydrogen) atoms. The molecule has 0 aliphatic heterocycles. The van der Waals surface area contributed by atoms with Crippen LogP contribution in [0.15, 0.2) is 72.8 Å². The van der Waals surface area contributed by atoms with Gasteiger partial charge in [0.25, 0.3) is 0 Å². The van der Waals surface area contributed by atoms with Crippen molar-refractivity contribution in [1.82, 2.24) is 0 Å². The van der Waals surface area contributed by atoms with E-state index >= 15 is 0 Å². The fourth-order valence-corrected chi connectivity index (χ4v) is 2.51. The Labute approximate surface area is 161 Å².